The molecule has 0 bridgehead atoms. The first-order chi connectivity index (χ1) is 18.5. The molecule has 5 heterocycles. The number of benzene rings is 1. The first-order valence-corrected chi connectivity index (χ1v) is 12.4. The normalized spacial score (nSPS) is 15.9. The highest BCUT2D eigenvalue weighted by Gasteiger charge is 2.28. The molecule has 4 aromatic rings. The number of nitrogens with zero attached hydrogens (tertiary/aromatic N) is 6. The van der Waals surface area contributed by atoms with Gasteiger partial charge in [-0.15, -0.1) is 0 Å². The highest BCUT2D eigenvalue weighted by atomic mass is 19.1. The van der Waals surface area contributed by atoms with Crippen LogP contribution in [-0.4, -0.2) is 58.7 Å². The smallest absolute Gasteiger partial charge is 0.228 e. The van der Waals surface area contributed by atoms with E-state index in [2.05, 4.69) is 30.2 Å². The largest absolute Gasteiger partial charge is 0.378 e. The zero-order valence-corrected chi connectivity index (χ0v) is 20.7. The van der Waals surface area contributed by atoms with Gasteiger partial charge in [0.25, 0.3) is 0 Å². The maximum atomic E-state index is 15.3. The fraction of sp³-hybridized carbons (Fsp3) is 0.296. The quantitative estimate of drug-likeness (QED) is 0.417. The number of nitrogens with one attached hydrogen (secondary N) is 1. The van der Waals surface area contributed by atoms with E-state index in [4.69, 9.17) is 4.74 Å². The van der Waals surface area contributed by atoms with Gasteiger partial charge in [0.15, 0.2) is 0 Å². The summed E-state index contributed by atoms with van der Waals surface area (Å²) in [6.45, 7) is 4.85. The van der Waals surface area contributed by atoms with Crippen molar-refractivity contribution < 1.29 is 18.3 Å². The van der Waals surface area contributed by atoms with Crippen LogP contribution in [0, 0.1) is 18.6 Å². The summed E-state index contributed by atoms with van der Waals surface area (Å²) in [7, 11) is 0. The molecule has 9 nitrogen and oxygen atoms in total. The molecule has 0 aliphatic carbocycles. The molecule has 1 aromatic carbocycles. The van der Waals surface area contributed by atoms with E-state index in [9.17, 15) is 9.18 Å². The summed E-state index contributed by atoms with van der Waals surface area (Å²) < 4.78 is 35.1. The summed E-state index contributed by atoms with van der Waals surface area (Å²) in [5, 5.41) is 3.55. The number of carbonyl (C=O) groups is 1. The molecule has 1 N–H and O–H groups in total. The molecule has 11 heteroatoms. The summed E-state index contributed by atoms with van der Waals surface area (Å²) in [6, 6.07) is 3.92. The van der Waals surface area contributed by atoms with Gasteiger partial charge in [0.05, 0.1) is 35.5 Å². The first kappa shape index (κ1) is 24.1. The molecule has 38 heavy (non-hydrogen) atoms. The standard InChI is InChI=1S/C27H25F2N7O2/c1-16-26(25-20(29)9-18(28)10-22(25)34-27(16)36-4-2-3-24(36)37)33-21-11-23(35-5-7-38-8-6-35)32-14-19(21)17-12-30-15-31-13-17/h9-15H,2-8H2,1H3,(H,32,33,34). The van der Waals surface area contributed by atoms with Gasteiger partial charge in [-0.25, -0.2) is 28.7 Å². The number of morpholine rings is 1. The Hall–Kier alpha value is -4.25. The third-order valence-electron chi connectivity index (χ3n) is 6.91. The van der Waals surface area contributed by atoms with Gasteiger partial charge >= 0.3 is 0 Å². The number of ether oxygens (including phenoxy) is 1. The van der Waals surface area contributed by atoms with Crippen LogP contribution >= 0.6 is 0 Å². The van der Waals surface area contributed by atoms with Crippen molar-refractivity contribution in [1.82, 2.24) is 19.9 Å². The maximum absolute atomic E-state index is 15.3. The number of anilines is 4. The molecule has 2 fully saturated rings. The zero-order valence-electron chi connectivity index (χ0n) is 20.7. The van der Waals surface area contributed by atoms with Gasteiger partial charge in [0, 0.05) is 79.5 Å². The predicted octanol–water partition coefficient (Wildman–Crippen LogP) is 4.38. The van der Waals surface area contributed by atoms with Gasteiger partial charge in [-0.05, 0) is 13.3 Å². The Kier molecular flexibility index (Phi) is 6.28. The number of aromatic nitrogens is 4. The molecule has 2 aliphatic rings. The van der Waals surface area contributed by atoms with Gasteiger partial charge in [0.2, 0.25) is 5.91 Å². The number of amides is 1. The summed E-state index contributed by atoms with van der Waals surface area (Å²) in [5.74, 6) is -0.432. The molecular weight excluding hydrogens is 492 g/mol. The number of hydrogen-bond donors (Lipinski definition) is 1. The maximum Gasteiger partial charge on any atom is 0.228 e. The Labute approximate surface area is 217 Å². The Balaban J connectivity index is 1.54. The summed E-state index contributed by atoms with van der Waals surface area (Å²) >= 11 is 0. The number of rotatable bonds is 5. The Morgan fingerprint density at radius 1 is 1.03 bits per heavy atom. The molecule has 0 radical (unpaired) electrons. The number of pyridine rings is 2. The molecule has 3 aromatic heterocycles. The van der Waals surface area contributed by atoms with E-state index in [0.717, 1.165) is 11.9 Å². The van der Waals surface area contributed by atoms with Crippen molar-refractivity contribution in [3.8, 4) is 11.1 Å². The van der Waals surface area contributed by atoms with Crippen molar-refractivity contribution in [1.29, 1.82) is 0 Å². The fourth-order valence-electron chi connectivity index (χ4n) is 5.00. The second kappa shape index (κ2) is 9.90. The average Bonchev–Trinajstić information content (AvgIpc) is 3.36. The van der Waals surface area contributed by atoms with Crippen LogP contribution in [-0.2, 0) is 9.53 Å². The molecule has 0 unspecified atom stereocenters. The average molecular weight is 518 g/mol. The van der Waals surface area contributed by atoms with Crippen LogP contribution in [0.1, 0.15) is 18.4 Å². The molecule has 1 amide bonds. The summed E-state index contributed by atoms with van der Waals surface area (Å²) in [4.78, 5) is 33.8. The van der Waals surface area contributed by atoms with Crippen LogP contribution in [0.5, 0.6) is 0 Å². The number of hydrogen-bond acceptors (Lipinski definition) is 8. The third-order valence-corrected chi connectivity index (χ3v) is 6.91. The summed E-state index contributed by atoms with van der Waals surface area (Å²) in [5.41, 5.74) is 3.16. The van der Waals surface area contributed by atoms with Crippen molar-refractivity contribution in [2.75, 3.05) is 48.0 Å². The number of halogens is 2. The minimum atomic E-state index is -0.746. The van der Waals surface area contributed by atoms with Crippen molar-refractivity contribution in [3.63, 3.8) is 0 Å². The molecular formula is C27H25F2N7O2. The van der Waals surface area contributed by atoms with Crippen LogP contribution < -0.4 is 15.1 Å². The van der Waals surface area contributed by atoms with Gasteiger partial charge in [0.1, 0.15) is 29.6 Å². The SMILES string of the molecule is Cc1c(N2CCCC2=O)nc2cc(F)cc(F)c2c1Nc1cc(N2CCOCC2)ncc1-c1cncnc1. The lowest BCUT2D eigenvalue weighted by Gasteiger charge is -2.29. The van der Waals surface area contributed by atoms with E-state index in [0.29, 0.717) is 79.6 Å². The van der Waals surface area contributed by atoms with Gasteiger partial charge in [-0.3, -0.25) is 9.69 Å². The molecule has 0 atom stereocenters. The number of fused-ring (bicyclic) bond motifs is 1. The second-order valence-corrected chi connectivity index (χ2v) is 9.31. The summed E-state index contributed by atoms with van der Waals surface area (Å²) in [6.07, 6.45) is 7.62. The molecule has 6 rings (SSSR count). The minimum absolute atomic E-state index is 0.0663. The van der Waals surface area contributed by atoms with Crippen molar-refractivity contribution in [2.45, 2.75) is 19.8 Å². The Morgan fingerprint density at radius 3 is 2.55 bits per heavy atom. The lowest BCUT2D eigenvalue weighted by Crippen LogP contribution is -2.36. The molecule has 194 valence electrons. The Bertz CT molecular complexity index is 1530. The predicted molar refractivity (Wildman–Crippen MR) is 140 cm³/mol. The molecule has 0 spiro atoms. The van der Waals surface area contributed by atoms with E-state index in [1.54, 1.807) is 30.4 Å². The van der Waals surface area contributed by atoms with E-state index in [1.807, 2.05) is 6.07 Å². The van der Waals surface area contributed by atoms with Gasteiger partial charge in [-0.1, -0.05) is 0 Å². The van der Waals surface area contributed by atoms with Crippen LogP contribution in [0.2, 0.25) is 0 Å². The van der Waals surface area contributed by atoms with Gasteiger partial charge < -0.3 is 15.0 Å². The van der Waals surface area contributed by atoms with E-state index < -0.39 is 11.6 Å². The molecule has 2 aliphatic heterocycles. The van der Waals surface area contributed by atoms with Crippen molar-refractivity contribution in [2.24, 2.45) is 0 Å². The third kappa shape index (κ3) is 4.38. The highest BCUT2D eigenvalue weighted by molar-refractivity contribution is 6.03. The topological polar surface area (TPSA) is 96.4 Å². The van der Waals surface area contributed by atoms with Crippen LogP contribution in [0.15, 0.2) is 43.1 Å². The second-order valence-electron chi connectivity index (χ2n) is 9.31. The highest BCUT2D eigenvalue weighted by Crippen LogP contribution is 2.40. The number of carbonyl (C=O) groups excluding carboxylic acids is 1. The first-order valence-electron chi connectivity index (χ1n) is 12.4. The lowest BCUT2D eigenvalue weighted by atomic mass is 10.0. The lowest BCUT2D eigenvalue weighted by molar-refractivity contribution is -0.117. The van der Waals surface area contributed by atoms with Crippen LogP contribution in [0.3, 0.4) is 0 Å². The van der Waals surface area contributed by atoms with Crippen molar-refractivity contribution >= 4 is 39.8 Å². The molecule has 0 saturated carbocycles. The van der Waals surface area contributed by atoms with Crippen LogP contribution in [0.25, 0.3) is 22.0 Å². The van der Waals surface area contributed by atoms with E-state index in [1.165, 1.54) is 12.4 Å². The fourth-order valence-corrected chi connectivity index (χ4v) is 5.00. The van der Waals surface area contributed by atoms with Crippen molar-refractivity contribution in [3.05, 3.63) is 60.3 Å². The van der Waals surface area contributed by atoms with E-state index in [-0.39, 0.29) is 16.8 Å². The van der Waals surface area contributed by atoms with Crippen LogP contribution in [0.4, 0.5) is 31.8 Å². The zero-order chi connectivity index (χ0) is 26.2. The van der Waals surface area contributed by atoms with Gasteiger partial charge in [-0.2, -0.15) is 0 Å². The van der Waals surface area contributed by atoms with E-state index >= 15 is 4.39 Å². The minimum Gasteiger partial charge on any atom is -0.378 e. The monoisotopic (exact) mass is 517 g/mol. The Morgan fingerprint density at radius 2 is 1.82 bits per heavy atom. The molecule has 2 saturated heterocycles.